The molecule has 0 saturated heterocycles. The first-order valence-electron chi connectivity index (χ1n) is 7.96. The van der Waals surface area contributed by atoms with Crippen molar-refractivity contribution in [2.75, 3.05) is 22.5 Å². The molecular formula is C19H21N3O3. The Hall–Kier alpha value is -3.15. The Morgan fingerprint density at radius 1 is 0.760 bits per heavy atom. The van der Waals surface area contributed by atoms with Gasteiger partial charge in [0, 0.05) is 42.5 Å². The first-order valence-corrected chi connectivity index (χ1v) is 7.96. The van der Waals surface area contributed by atoms with Gasteiger partial charge < -0.3 is 16.0 Å². The molecule has 0 spiro atoms. The van der Waals surface area contributed by atoms with Crippen molar-refractivity contribution in [3.05, 3.63) is 54.1 Å². The van der Waals surface area contributed by atoms with Crippen molar-refractivity contribution in [1.29, 1.82) is 0 Å². The number of Topliss-reactive ketones (excluding diaryl/α,β-unsaturated/α-hetero) is 1. The number of carbonyl (C=O) groups is 3. The monoisotopic (exact) mass is 339 g/mol. The van der Waals surface area contributed by atoms with Gasteiger partial charge in [0.1, 0.15) is 0 Å². The van der Waals surface area contributed by atoms with E-state index in [0.717, 1.165) is 5.69 Å². The van der Waals surface area contributed by atoms with Crippen molar-refractivity contribution < 1.29 is 14.4 Å². The van der Waals surface area contributed by atoms with Gasteiger partial charge in [-0.15, -0.1) is 0 Å². The molecule has 2 rings (SSSR count). The van der Waals surface area contributed by atoms with E-state index < -0.39 is 0 Å². The summed E-state index contributed by atoms with van der Waals surface area (Å²) in [7, 11) is 0. The molecule has 25 heavy (non-hydrogen) atoms. The Bertz CT molecular complexity index is 752. The summed E-state index contributed by atoms with van der Waals surface area (Å²) < 4.78 is 0. The second kappa shape index (κ2) is 8.63. The van der Waals surface area contributed by atoms with Crippen LogP contribution in [-0.4, -0.2) is 24.1 Å². The maximum atomic E-state index is 11.9. The fraction of sp³-hybridized carbons (Fsp3) is 0.211. The van der Waals surface area contributed by atoms with Crippen LogP contribution in [0.25, 0.3) is 0 Å². The van der Waals surface area contributed by atoms with Crippen LogP contribution in [0.2, 0.25) is 0 Å². The summed E-state index contributed by atoms with van der Waals surface area (Å²) in [6.45, 7) is 3.45. The van der Waals surface area contributed by atoms with Crippen LogP contribution in [0.1, 0.15) is 30.6 Å². The van der Waals surface area contributed by atoms with Gasteiger partial charge in [-0.05, 0) is 55.5 Å². The first-order chi connectivity index (χ1) is 11.9. The summed E-state index contributed by atoms with van der Waals surface area (Å²) in [4.78, 5) is 34.1. The second-order valence-corrected chi connectivity index (χ2v) is 5.62. The van der Waals surface area contributed by atoms with E-state index in [1.165, 1.54) is 13.8 Å². The quantitative estimate of drug-likeness (QED) is 0.676. The molecule has 0 radical (unpaired) electrons. The van der Waals surface area contributed by atoms with E-state index in [2.05, 4.69) is 16.0 Å². The molecular weight excluding hydrogens is 318 g/mol. The molecule has 2 amide bonds. The summed E-state index contributed by atoms with van der Waals surface area (Å²) in [5.74, 6) is -0.227. The van der Waals surface area contributed by atoms with Crippen molar-refractivity contribution in [2.24, 2.45) is 0 Å². The van der Waals surface area contributed by atoms with E-state index in [-0.39, 0.29) is 17.6 Å². The predicted molar refractivity (Wildman–Crippen MR) is 98.9 cm³/mol. The highest BCUT2D eigenvalue weighted by Gasteiger charge is 2.04. The minimum Gasteiger partial charge on any atom is -0.385 e. The molecule has 0 aliphatic carbocycles. The van der Waals surface area contributed by atoms with Gasteiger partial charge in [-0.3, -0.25) is 14.4 Å². The average molecular weight is 339 g/mol. The highest BCUT2D eigenvalue weighted by atomic mass is 16.2. The van der Waals surface area contributed by atoms with E-state index in [1.54, 1.807) is 36.4 Å². The standard InChI is InChI=1S/C19H21N3O3/c1-13(23)15-3-5-16(6-4-15)20-12-11-19(25)22-18-9-7-17(8-10-18)21-14(2)24/h3-10,20H,11-12H2,1-2H3,(H,21,24)(H,22,25). The van der Waals surface area contributed by atoms with E-state index in [9.17, 15) is 14.4 Å². The second-order valence-electron chi connectivity index (χ2n) is 5.62. The molecule has 0 bridgehead atoms. The van der Waals surface area contributed by atoms with E-state index in [1.807, 2.05) is 12.1 Å². The molecule has 0 aliphatic heterocycles. The lowest BCUT2D eigenvalue weighted by Crippen LogP contribution is -2.16. The number of hydrogen-bond acceptors (Lipinski definition) is 4. The summed E-state index contributed by atoms with van der Waals surface area (Å²) in [5.41, 5.74) is 2.87. The molecule has 3 N–H and O–H groups in total. The highest BCUT2D eigenvalue weighted by molar-refractivity contribution is 5.94. The minimum absolute atomic E-state index is 0.0236. The molecule has 130 valence electrons. The Kier molecular flexibility index (Phi) is 6.28. The number of rotatable bonds is 7. The van der Waals surface area contributed by atoms with Gasteiger partial charge in [-0.25, -0.2) is 0 Å². The van der Waals surface area contributed by atoms with Crippen LogP contribution in [0.3, 0.4) is 0 Å². The van der Waals surface area contributed by atoms with Gasteiger partial charge >= 0.3 is 0 Å². The zero-order chi connectivity index (χ0) is 18.2. The van der Waals surface area contributed by atoms with Crippen LogP contribution in [0, 0.1) is 0 Å². The third-order valence-electron chi connectivity index (χ3n) is 3.46. The van der Waals surface area contributed by atoms with Crippen LogP contribution >= 0.6 is 0 Å². The maximum Gasteiger partial charge on any atom is 0.226 e. The number of benzene rings is 2. The molecule has 2 aromatic carbocycles. The average Bonchev–Trinajstić information content (AvgIpc) is 2.56. The Labute approximate surface area is 146 Å². The molecule has 0 saturated carbocycles. The summed E-state index contributed by atoms with van der Waals surface area (Å²) in [5, 5.41) is 8.60. The van der Waals surface area contributed by atoms with Crippen molar-refractivity contribution >= 4 is 34.7 Å². The number of amides is 2. The number of hydrogen-bond donors (Lipinski definition) is 3. The van der Waals surface area contributed by atoms with Gasteiger partial charge in [0.15, 0.2) is 5.78 Å². The molecule has 0 atom stereocenters. The van der Waals surface area contributed by atoms with Crippen molar-refractivity contribution in [3.63, 3.8) is 0 Å². The molecule has 6 heteroatoms. The molecule has 0 aromatic heterocycles. The Morgan fingerprint density at radius 2 is 1.28 bits per heavy atom. The van der Waals surface area contributed by atoms with E-state index in [4.69, 9.17) is 0 Å². The summed E-state index contributed by atoms with van der Waals surface area (Å²) >= 11 is 0. The third-order valence-corrected chi connectivity index (χ3v) is 3.46. The molecule has 0 aliphatic rings. The molecule has 2 aromatic rings. The summed E-state index contributed by atoms with van der Waals surface area (Å²) in [6.07, 6.45) is 0.307. The number of nitrogens with one attached hydrogen (secondary N) is 3. The van der Waals surface area contributed by atoms with Gasteiger partial charge in [0.25, 0.3) is 0 Å². The molecule has 0 unspecified atom stereocenters. The van der Waals surface area contributed by atoms with Crippen LogP contribution < -0.4 is 16.0 Å². The molecule has 0 fully saturated rings. The van der Waals surface area contributed by atoms with Crippen molar-refractivity contribution in [2.45, 2.75) is 20.3 Å². The van der Waals surface area contributed by atoms with Crippen LogP contribution in [-0.2, 0) is 9.59 Å². The predicted octanol–water partition coefficient (Wildman–Crippen LogP) is 3.29. The lowest BCUT2D eigenvalue weighted by molar-refractivity contribution is -0.116. The largest absolute Gasteiger partial charge is 0.385 e. The minimum atomic E-state index is -0.140. The number of anilines is 3. The Balaban J connectivity index is 1.76. The Morgan fingerprint density at radius 3 is 1.80 bits per heavy atom. The van der Waals surface area contributed by atoms with Gasteiger partial charge in [-0.1, -0.05) is 0 Å². The molecule has 0 heterocycles. The normalized spacial score (nSPS) is 10.0. The smallest absolute Gasteiger partial charge is 0.226 e. The molecule has 6 nitrogen and oxygen atoms in total. The number of ketones is 1. The summed E-state index contributed by atoms with van der Waals surface area (Å²) in [6, 6.07) is 14.1. The lowest BCUT2D eigenvalue weighted by atomic mass is 10.1. The van der Waals surface area contributed by atoms with E-state index >= 15 is 0 Å². The SMILES string of the molecule is CC(=O)Nc1ccc(NC(=O)CCNc2ccc(C(C)=O)cc2)cc1. The van der Waals surface area contributed by atoms with Crippen molar-refractivity contribution in [1.82, 2.24) is 0 Å². The van der Waals surface area contributed by atoms with Crippen LogP contribution in [0.4, 0.5) is 17.1 Å². The van der Waals surface area contributed by atoms with Gasteiger partial charge in [-0.2, -0.15) is 0 Å². The zero-order valence-corrected chi connectivity index (χ0v) is 14.3. The fourth-order valence-corrected chi connectivity index (χ4v) is 2.21. The lowest BCUT2D eigenvalue weighted by Gasteiger charge is -2.09. The topological polar surface area (TPSA) is 87.3 Å². The third kappa shape index (κ3) is 6.10. The maximum absolute atomic E-state index is 11.9. The van der Waals surface area contributed by atoms with Crippen molar-refractivity contribution in [3.8, 4) is 0 Å². The first kappa shape index (κ1) is 18.2. The zero-order valence-electron chi connectivity index (χ0n) is 14.3. The number of carbonyl (C=O) groups excluding carboxylic acids is 3. The van der Waals surface area contributed by atoms with Gasteiger partial charge in [0.2, 0.25) is 11.8 Å². The van der Waals surface area contributed by atoms with Gasteiger partial charge in [0.05, 0.1) is 0 Å². The van der Waals surface area contributed by atoms with Crippen LogP contribution in [0.15, 0.2) is 48.5 Å². The van der Waals surface area contributed by atoms with Crippen LogP contribution in [0.5, 0.6) is 0 Å². The fourth-order valence-electron chi connectivity index (χ4n) is 2.21. The highest BCUT2D eigenvalue weighted by Crippen LogP contribution is 2.14. The van der Waals surface area contributed by atoms with E-state index in [0.29, 0.717) is 29.9 Å².